The Morgan fingerprint density at radius 3 is 2.48 bits per heavy atom. The van der Waals surface area contributed by atoms with Gasteiger partial charge in [0.2, 0.25) is 0 Å². The number of hydrogen-bond acceptors (Lipinski definition) is 5. The summed E-state index contributed by atoms with van der Waals surface area (Å²) < 4.78 is 12.9. The van der Waals surface area contributed by atoms with E-state index in [9.17, 15) is 19.1 Å². The molecule has 0 bridgehead atoms. The summed E-state index contributed by atoms with van der Waals surface area (Å²) in [5.74, 6) is -3.89. The first-order valence-electron chi connectivity index (χ1n) is 5.92. The summed E-state index contributed by atoms with van der Waals surface area (Å²) in [5.41, 5.74) is 0.226. The average molecular weight is 306 g/mol. The molecule has 1 unspecified atom stereocenters. The Hall–Kier alpha value is -2.28. The van der Waals surface area contributed by atoms with E-state index in [0.29, 0.717) is 5.16 Å². The predicted molar refractivity (Wildman–Crippen MR) is 74.9 cm³/mol. The molecule has 0 aliphatic carbocycles. The van der Waals surface area contributed by atoms with Gasteiger partial charge in [0.05, 0.1) is 5.69 Å². The van der Waals surface area contributed by atoms with Gasteiger partial charge >= 0.3 is 5.97 Å². The van der Waals surface area contributed by atoms with Crippen molar-refractivity contribution in [3.8, 4) is 0 Å². The van der Waals surface area contributed by atoms with Gasteiger partial charge in [0, 0.05) is 11.8 Å². The molecule has 0 radical (unpaired) electrons. The minimum atomic E-state index is -1.44. The number of Topliss-reactive ketones (excluding diaryl/α,β-unsaturated/α-hetero) is 1. The van der Waals surface area contributed by atoms with Crippen LogP contribution in [0.1, 0.15) is 22.0 Å². The predicted octanol–water partition coefficient (Wildman–Crippen LogP) is 2.39. The Balaban J connectivity index is 2.40. The van der Waals surface area contributed by atoms with Gasteiger partial charge in [-0.15, -0.1) is 0 Å². The largest absolute Gasteiger partial charge is 0.480 e. The molecule has 7 heteroatoms. The first kappa shape index (κ1) is 15.1. The summed E-state index contributed by atoms with van der Waals surface area (Å²) in [5, 5.41) is 9.69. The molecule has 1 aromatic carbocycles. The number of rotatable bonds is 5. The minimum absolute atomic E-state index is 0.108. The number of carboxylic acids is 1. The summed E-state index contributed by atoms with van der Waals surface area (Å²) in [6.07, 6.45) is 3.15. The number of thioether (sulfide) groups is 1. The number of carboxylic acid groups (broad SMARTS) is 1. The lowest BCUT2D eigenvalue weighted by Crippen LogP contribution is -2.23. The average Bonchev–Trinajstić information content (AvgIpc) is 2.48. The quantitative estimate of drug-likeness (QED) is 0.395. The Bertz CT molecular complexity index is 676. The van der Waals surface area contributed by atoms with Gasteiger partial charge in [0.25, 0.3) is 0 Å². The van der Waals surface area contributed by atoms with Crippen LogP contribution in [-0.2, 0) is 4.79 Å². The molecule has 0 saturated carbocycles. The molecule has 1 aromatic heterocycles. The lowest BCUT2D eigenvalue weighted by atomic mass is 9.94. The molecule has 0 fully saturated rings. The number of carbonyl (C=O) groups excluding carboxylic acids is 1. The van der Waals surface area contributed by atoms with E-state index in [1.165, 1.54) is 36.2 Å². The van der Waals surface area contributed by atoms with E-state index in [1.807, 2.05) is 0 Å². The zero-order chi connectivity index (χ0) is 15.4. The van der Waals surface area contributed by atoms with Gasteiger partial charge in [0.1, 0.15) is 5.82 Å². The van der Waals surface area contributed by atoms with Crippen LogP contribution < -0.4 is 0 Å². The Kier molecular flexibility index (Phi) is 4.64. The van der Waals surface area contributed by atoms with E-state index in [-0.39, 0.29) is 11.3 Å². The minimum Gasteiger partial charge on any atom is -0.480 e. The molecule has 21 heavy (non-hydrogen) atoms. The number of hydrogen-bond donors (Lipinski definition) is 1. The van der Waals surface area contributed by atoms with Crippen LogP contribution in [0.15, 0.2) is 41.7 Å². The van der Waals surface area contributed by atoms with E-state index in [4.69, 9.17) is 0 Å². The summed E-state index contributed by atoms with van der Waals surface area (Å²) >= 11 is 1.25. The molecule has 0 saturated heterocycles. The highest BCUT2D eigenvalue weighted by molar-refractivity contribution is 7.98. The van der Waals surface area contributed by atoms with Crippen LogP contribution in [0, 0.1) is 5.82 Å². The molecule has 0 aliphatic rings. The molecule has 5 nitrogen and oxygen atoms in total. The van der Waals surface area contributed by atoms with Gasteiger partial charge in [-0.1, -0.05) is 11.8 Å². The van der Waals surface area contributed by atoms with E-state index < -0.39 is 23.5 Å². The lowest BCUT2D eigenvalue weighted by molar-refractivity contribution is -0.137. The van der Waals surface area contributed by atoms with Gasteiger partial charge in [-0.05, 0) is 36.6 Å². The summed E-state index contributed by atoms with van der Waals surface area (Å²) in [7, 11) is 0. The van der Waals surface area contributed by atoms with E-state index in [0.717, 1.165) is 12.1 Å². The Morgan fingerprint density at radius 2 is 1.90 bits per heavy atom. The standard InChI is InChI=1S/C14H11FN2O3S/c1-21-14-16-7-6-10(17-14)11(13(19)20)12(18)8-2-4-9(15)5-3-8/h2-7,11H,1H3,(H,19,20). The van der Waals surface area contributed by atoms with Crippen LogP contribution in [0.5, 0.6) is 0 Å². The monoisotopic (exact) mass is 306 g/mol. The third kappa shape index (κ3) is 3.43. The fourth-order valence-corrected chi connectivity index (χ4v) is 2.13. The second kappa shape index (κ2) is 6.45. The number of nitrogens with zero attached hydrogens (tertiary/aromatic N) is 2. The SMILES string of the molecule is CSc1nccc(C(C(=O)O)C(=O)c2ccc(F)cc2)n1. The Labute approximate surface area is 124 Å². The molecule has 0 spiro atoms. The lowest BCUT2D eigenvalue weighted by Gasteiger charge is -2.11. The molecule has 2 rings (SSSR count). The van der Waals surface area contributed by atoms with Crippen molar-refractivity contribution in [2.24, 2.45) is 0 Å². The number of ketones is 1. The van der Waals surface area contributed by atoms with E-state index >= 15 is 0 Å². The van der Waals surface area contributed by atoms with Crippen molar-refractivity contribution in [1.29, 1.82) is 0 Å². The van der Waals surface area contributed by atoms with Crippen LogP contribution in [0.2, 0.25) is 0 Å². The third-order valence-electron chi connectivity index (χ3n) is 2.77. The molecule has 2 aromatic rings. The molecule has 0 aliphatic heterocycles. The summed E-state index contributed by atoms with van der Waals surface area (Å²) in [4.78, 5) is 31.7. The van der Waals surface area contributed by atoms with Gasteiger partial charge in [-0.3, -0.25) is 9.59 Å². The zero-order valence-corrected chi connectivity index (χ0v) is 11.8. The maximum Gasteiger partial charge on any atom is 0.320 e. The van der Waals surface area contributed by atoms with Crippen molar-refractivity contribution in [3.05, 3.63) is 53.6 Å². The third-order valence-corrected chi connectivity index (χ3v) is 3.33. The summed E-state index contributed by atoms with van der Waals surface area (Å²) in [6, 6.07) is 6.12. The molecule has 108 valence electrons. The highest BCUT2D eigenvalue weighted by Gasteiger charge is 2.30. The fourth-order valence-electron chi connectivity index (χ4n) is 1.77. The van der Waals surface area contributed by atoms with Crippen LogP contribution in [0.4, 0.5) is 4.39 Å². The summed E-state index contributed by atoms with van der Waals surface area (Å²) in [6.45, 7) is 0. The smallest absolute Gasteiger partial charge is 0.320 e. The van der Waals surface area contributed by atoms with Gasteiger partial charge in [-0.2, -0.15) is 0 Å². The Morgan fingerprint density at radius 1 is 1.24 bits per heavy atom. The van der Waals surface area contributed by atoms with Gasteiger partial charge in [0.15, 0.2) is 16.9 Å². The molecule has 1 N–H and O–H groups in total. The van der Waals surface area contributed by atoms with Crippen molar-refractivity contribution in [2.45, 2.75) is 11.1 Å². The van der Waals surface area contributed by atoms with Crippen LogP contribution >= 0.6 is 11.8 Å². The first-order valence-corrected chi connectivity index (χ1v) is 7.15. The first-order chi connectivity index (χ1) is 10.0. The second-order valence-electron chi connectivity index (χ2n) is 4.11. The molecule has 1 heterocycles. The number of halogens is 1. The normalized spacial score (nSPS) is 11.9. The molecular formula is C14H11FN2O3S. The van der Waals surface area contributed by atoms with Crippen molar-refractivity contribution in [1.82, 2.24) is 9.97 Å². The van der Waals surface area contributed by atoms with Crippen molar-refractivity contribution in [2.75, 3.05) is 6.26 Å². The molecular weight excluding hydrogens is 295 g/mol. The number of carbonyl (C=O) groups is 2. The van der Waals surface area contributed by atoms with Gasteiger partial charge in [-0.25, -0.2) is 14.4 Å². The van der Waals surface area contributed by atoms with Crippen LogP contribution in [0.25, 0.3) is 0 Å². The van der Waals surface area contributed by atoms with Crippen molar-refractivity contribution >= 4 is 23.5 Å². The van der Waals surface area contributed by atoms with Crippen LogP contribution in [-0.4, -0.2) is 33.1 Å². The topological polar surface area (TPSA) is 80.1 Å². The fraction of sp³-hybridized carbons (Fsp3) is 0.143. The number of aliphatic carboxylic acids is 1. The maximum absolute atomic E-state index is 12.9. The number of aromatic nitrogens is 2. The zero-order valence-electron chi connectivity index (χ0n) is 11.0. The molecule has 1 atom stereocenters. The van der Waals surface area contributed by atoms with Crippen molar-refractivity contribution < 1.29 is 19.1 Å². The number of benzene rings is 1. The second-order valence-corrected chi connectivity index (χ2v) is 4.88. The van der Waals surface area contributed by atoms with E-state index in [2.05, 4.69) is 9.97 Å². The highest BCUT2D eigenvalue weighted by atomic mass is 32.2. The van der Waals surface area contributed by atoms with E-state index in [1.54, 1.807) is 6.26 Å². The van der Waals surface area contributed by atoms with Crippen LogP contribution in [0.3, 0.4) is 0 Å². The maximum atomic E-state index is 12.9. The molecule has 0 amide bonds. The highest BCUT2D eigenvalue weighted by Crippen LogP contribution is 2.21. The van der Waals surface area contributed by atoms with Gasteiger partial charge < -0.3 is 5.11 Å². The van der Waals surface area contributed by atoms with Crippen molar-refractivity contribution in [3.63, 3.8) is 0 Å².